The van der Waals surface area contributed by atoms with Crippen molar-refractivity contribution in [3.63, 3.8) is 0 Å². The highest BCUT2D eigenvalue weighted by Crippen LogP contribution is 2.19. The van der Waals surface area contributed by atoms with Crippen LogP contribution in [0.25, 0.3) is 0 Å². The lowest BCUT2D eigenvalue weighted by molar-refractivity contribution is 0.0633. The third kappa shape index (κ3) is 3.89. The predicted octanol–water partition coefficient (Wildman–Crippen LogP) is 2.13. The minimum absolute atomic E-state index is 0.135. The summed E-state index contributed by atoms with van der Waals surface area (Å²) in [4.78, 5) is 20.6. The number of aromatic nitrogens is 2. The number of benzene rings is 1. The fourth-order valence-electron chi connectivity index (χ4n) is 2.68. The van der Waals surface area contributed by atoms with Crippen molar-refractivity contribution in [1.29, 1.82) is 0 Å². The van der Waals surface area contributed by atoms with E-state index in [4.69, 9.17) is 11.6 Å². The molecule has 122 valence electrons. The van der Waals surface area contributed by atoms with Gasteiger partial charge in [-0.25, -0.2) is 9.37 Å². The molecule has 0 aliphatic carbocycles. The molecule has 1 aromatic carbocycles. The van der Waals surface area contributed by atoms with E-state index in [9.17, 15) is 9.18 Å². The van der Waals surface area contributed by atoms with Gasteiger partial charge in [0.15, 0.2) is 0 Å². The van der Waals surface area contributed by atoms with Crippen molar-refractivity contribution in [2.75, 3.05) is 32.7 Å². The molecule has 1 aliphatic rings. The van der Waals surface area contributed by atoms with Crippen molar-refractivity contribution in [3.05, 3.63) is 53.3 Å². The number of piperazine rings is 1. The Morgan fingerprint density at radius 1 is 1.22 bits per heavy atom. The van der Waals surface area contributed by atoms with Gasteiger partial charge in [0, 0.05) is 51.7 Å². The summed E-state index contributed by atoms with van der Waals surface area (Å²) in [7, 11) is 0. The Morgan fingerprint density at radius 3 is 2.65 bits per heavy atom. The number of carbonyl (C=O) groups excluding carboxylic acids is 1. The lowest BCUT2D eigenvalue weighted by Gasteiger charge is -2.34. The molecular weight excluding hydrogens is 319 g/mol. The Morgan fingerprint density at radius 2 is 2.00 bits per heavy atom. The van der Waals surface area contributed by atoms with Crippen LogP contribution in [-0.2, 0) is 6.54 Å². The van der Waals surface area contributed by atoms with Crippen LogP contribution < -0.4 is 0 Å². The molecule has 1 amide bonds. The van der Waals surface area contributed by atoms with E-state index in [-0.39, 0.29) is 10.9 Å². The zero-order valence-corrected chi connectivity index (χ0v) is 13.4. The fraction of sp³-hybridized carbons (Fsp3) is 0.375. The van der Waals surface area contributed by atoms with Crippen molar-refractivity contribution in [3.8, 4) is 0 Å². The van der Waals surface area contributed by atoms with Crippen molar-refractivity contribution >= 4 is 17.5 Å². The summed E-state index contributed by atoms with van der Waals surface area (Å²) in [5.74, 6) is -0.569. The van der Waals surface area contributed by atoms with Crippen LogP contribution in [0.1, 0.15) is 10.4 Å². The van der Waals surface area contributed by atoms with Gasteiger partial charge in [0.1, 0.15) is 5.82 Å². The molecular formula is C16H18ClFN4O. The lowest BCUT2D eigenvalue weighted by Crippen LogP contribution is -2.49. The average molecular weight is 337 g/mol. The summed E-state index contributed by atoms with van der Waals surface area (Å²) in [6, 6.07) is 3.89. The van der Waals surface area contributed by atoms with Crippen LogP contribution in [0.5, 0.6) is 0 Å². The van der Waals surface area contributed by atoms with Crippen LogP contribution in [0.2, 0.25) is 5.02 Å². The van der Waals surface area contributed by atoms with E-state index in [0.717, 1.165) is 26.2 Å². The molecule has 1 saturated heterocycles. The highest BCUT2D eigenvalue weighted by atomic mass is 35.5. The number of hydrogen-bond acceptors (Lipinski definition) is 3. The Labute approximate surface area is 139 Å². The van der Waals surface area contributed by atoms with Crippen LogP contribution in [0.15, 0.2) is 36.9 Å². The Bertz CT molecular complexity index is 669. The van der Waals surface area contributed by atoms with Crippen LogP contribution in [0.3, 0.4) is 0 Å². The third-order valence-corrected chi connectivity index (χ3v) is 4.37. The summed E-state index contributed by atoms with van der Waals surface area (Å²) >= 11 is 5.97. The molecule has 0 unspecified atom stereocenters. The van der Waals surface area contributed by atoms with Gasteiger partial charge in [0.05, 0.1) is 16.9 Å². The minimum atomic E-state index is -0.434. The minimum Gasteiger partial charge on any atom is -0.336 e. The fourth-order valence-corrected chi connectivity index (χ4v) is 2.93. The molecule has 2 heterocycles. The maximum Gasteiger partial charge on any atom is 0.255 e. The molecule has 0 spiro atoms. The smallest absolute Gasteiger partial charge is 0.255 e. The second-order valence-corrected chi connectivity index (χ2v) is 5.97. The number of rotatable bonds is 4. The van der Waals surface area contributed by atoms with Crippen LogP contribution >= 0.6 is 11.6 Å². The number of halogens is 2. The Balaban J connectivity index is 1.53. The van der Waals surface area contributed by atoms with Crippen molar-refractivity contribution in [1.82, 2.24) is 19.4 Å². The first-order chi connectivity index (χ1) is 11.1. The SMILES string of the molecule is O=C(c1ccc(F)cc1Cl)N1CCN(CCn2ccnc2)CC1. The normalized spacial score (nSPS) is 15.8. The summed E-state index contributed by atoms with van der Waals surface area (Å²) < 4.78 is 15.1. The number of amides is 1. The molecule has 0 radical (unpaired) electrons. The van der Waals surface area contributed by atoms with E-state index >= 15 is 0 Å². The highest BCUT2D eigenvalue weighted by molar-refractivity contribution is 6.33. The average Bonchev–Trinajstić information content (AvgIpc) is 3.06. The molecule has 1 fully saturated rings. The second-order valence-electron chi connectivity index (χ2n) is 5.56. The summed E-state index contributed by atoms with van der Waals surface area (Å²) in [5, 5.41) is 0.164. The van der Waals surface area contributed by atoms with Gasteiger partial charge in [0.2, 0.25) is 0 Å². The monoisotopic (exact) mass is 336 g/mol. The zero-order valence-electron chi connectivity index (χ0n) is 12.7. The molecule has 0 atom stereocenters. The van der Waals surface area contributed by atoms with Gasteiger partial charge in [-0.15, -0.1) is 0 Å². The first-order valence-corrected chi connectivity index (χ1v) is 7.94. The molecule has 0 bridgehead atoms. The van der Waals surface area contributed by atoms with Crippen molar-refractivity contribution < 1.29 is 9.18 Å². The summed E-state index contributed by atoms with van der Waals surface area (Å²) in [6.45, 7) is 4.75. The number of nitrogens with zero attached hydrogens (tertiary/aromatic N) is 4. The molecule has 7 heteroatoms. The predicted molar refractivity (Wildman–Crippen MR) is 86.0 cm³/mol. The summed E-state index contributed by atoms with van der Waals surface area (Å²) in [6.07, 6.45) is 5.51. The van der Waals surface area contributed by atoms with E-state index in [0.29, 0.717) is 18.7 Å². The maximum absolute atomic E-state index is 13.1. The molecule has 23 heavy (non-hydrogen) atoms. The molecule has 1 aromatic heterocycles. The van der Waals surface area contributed by atoms with Crippen LogP contribution in [-0.4, -0.2) is 58.0 Å². The van der Waals surface area contributed by atoms with E-state index in [1.54, 1.807) is 17.4 Å². The van der Waals surface area contributed by atoms with E-state index < -0.39 is 5.82 Å². The van der Waals surface area contributed by atoms with Gasteiger partial charge in [-0.3, -0.25) is 9.69 Å². The molecule has 3 rings (SSSR count). The van der Waals surface area contributed by atoms with E-state index in [1.807, 2.05) is 10.8 Å². The van der Waals surface area contributed by atoms with Gasteiger partial charge in [-0.05, 0) is 18.2 Å². The van der Waals surface area contributed by atoms with Crippen molar-refractivity contribution in [2.45, 2.75) is 6.54 Å². The van der Waals surface area contributed by atoms with Crippen molar-refractivity contribution in [2.24, 2.45) is 0 Å². The van der Waals surface area contributed by atoms with E-state index in [2.05, 4.69) is 9.88 Å². The van der Waals surface area contributed by atoms with Gasteiger partial charge >= 0.3 is 0 Å². The van der Waals surface area contributed by atoms with Gasteiger partial charge in [0.25, 0.3) is 5.91 Å². The molecule has 0 saturated carbocycles. The summed E-state index contributed by atoms with van der Waals surface area (Å²) in [5.41, 5.74) is 0.361. The quantitative estimate of drug-likeness (QED) is 0.859. The first kappa shape index (κ1) is 16.0. The largest absolute Gasteiger partial charge is 0.336 e. The van der Waals surface area contributed by atoms with Crippen LogP contribution in [0, 0.1) is 5.82 Å². The maximum atomic E-state index is 13.1. The highest BCUT2D eigenvalue weighted by Gasteiger charge is 2.23. The molecule has 0 N–H and O–H groups in total. The second kappa shape index (κ2) is 7.10. The Kier molecular flexibility index (Phi) is 4.93. The molecule has 2 aromatic rings. The van der Waals surface area contributed by atoms with Crippen LogP contribution in [0.4, 0.5) is 4.39 Å². The van der Waals surface area contributed by atoms with E-state index in [1.165, 1.54) is 18.2 Å². The topological polar surface area (TPSA) is 41.4 Å². The Hall–Kier alpha value is -1.92. The zero-order chi connectivity index (χ0) is 16.2. The number of carbonyl (C=O) groups is 1. The molecule has 5 nitrogen and oxygen atoms in total. The lowest BCUT2D eigenvalue weighted by atomic mass is 10.1. The molecule has 1 aliphatic heterocycles. The third-order valence-electron chi connectivity index (χ3n) is 4.05. The van der Waals surface area contributed by atoms with Gasteiger partial charge < -0.3 is 9.47 Å². The first-order valence-electron chi connectivity index (χ1n) is 7.56. The number of imidazole rings is 1. The van der Waals surface area contributed by atoms with Gasteiger partial charge in [-0.2, -0.15) is 0 Å². The number of hydrogen-bond donors (Lipinski definition) is 0. The van der Waals surface area contributed by atoms with Gasteiger partial charge in [-0.1, -0.05) is 11.6 Å². The standard InChI is InChI=1S/C16H18ClFN4O/c17-15-11-13(18)1-2-14(15)16(23)22-9-7-20(8-10-22)5-6-21-4-3-19-12-21/h1-4,11-12H,5-10H2.